The number of nitrogen functional groups attached to an aromatic ring is 1. The monoisotopic (exact) mass is 552 g/mol. The van der Waals surface area contributed by atoms with Crippen molar-refractivity contribution in [2.24, 2.45) is 5.73 Å². The first kappa shape index (κ1) is 29.9. The Balaban J connectivity index is 1.84. The average Bonchev–Trinajstić information content (AvgIpc) is 3.06. The normalized spacial score (nSPS) is 22.0. The Kier molecular flexibility index (Phi) is 10.3. The Morgan fingerprint density at radius 2 is 2.03 bits per heavy atom. The Morgan fingerprint density at radius 3 is 2.62 bits per heavy atom. The molecule has 8 N–H and O–H groups in total. The number of esters is 1. The zero-order chi connectivity index (χ0) is 27.9. The second kappa shape index (κ2) is 12.7. The first-order chi connectivity index (χ1) is 17.3. The molecule has 1 saturated heterocycles. The van der Waals surface area contributed by atoms with Crippen molar-refractivity contribution in [2.75, 3.05) is 24.6 Å². The minimum Gasteiger partial charge on any atom is -0.480 e. The number of halogens is 2. The molecule has 1 aromatic rings. The van der Waals surface area contributed by atoms with Gasteiger partial charge < -0.3 is 41.8 Å². The van der Waals surface area contributed by atoms with E-state index in [0.717, 1.165) is 12.3 Å². The lowest BCUT2D eigenvalue weighted by molar-refractivity contribution is -0.150. The lowest BCUT2D eigenvalue weighted by Crippen LogP contribution is -2.49. The number of thiol groups is 1. The molecule has 1 aliphatic rings. The van der Waals surface area contributed by atoms with E-state index in [4.69, 9.17) is 26.0 Å². The van der Waals surface area contributed by atoms with Gasteiger partial charge in [-0.2, -0.15) is 26.4 Å². The van der Waals surface area contributed by atoms with Crippen LogP contribution in [0.15, 0.2) is 17.1 Å². The molecule has 5 atom stereocenters. The fourth-order valence-electron chi connectivity index (χ4n) is 3.09. The third kappa shape index (κ3) is 7.81. The van der Waals surface area contributed by atoms with Gasteiger partial charge in [-0.1, -0.05) is 0 Å². The number of carboxylic acids is 1. The van der Waals surface area contributed by atoms with Gasteiger partial charge in [-0.25, -0.2) is 4.79 Å². The number of hydrogen-bond acceptors (Lipinski definition) is 12. The molecule has 37 heavy (non-hydrogen) atoms. The van der Waals surface area contributed by atoms with Crippen molar-refractivity contribution in [3.05, 3.63) is 22.7 Å². The molecule has 0 bridgehead atoms. The van der Waals surface area contributed by atoms with Crippen LogP contribution in [0.4, 0.5) is 14.6 Å². The minimum atomic E-state index is -3.95. The quantitative estimate of drug-likeness (QED) is 0.101. The maximum Gasteiger partial charge on any atom is 0.351 e. The van der Waals surface area contributed by atoms with Gasteiger partial charge in [-0.05, 0) is 12.5 Å². The van der Waals surface area contributed by atoms with Crippen LogP contribution in [0.5, 0.6) is 0 Å². The summed E-state index contributed by atoms with van der Waals surface area (Å²) in [5, 5.41) is 23.1. The Bertz CT molecular complexity index is 1070. The summed E-state index contributed by atoms with van der Waals surface area (Å²) in [6.45, 7) is -1.57. The van der Waals surface area contributed by atoms with Crippen LogP contribution in [-0.2, 0) is 28.7 Å². The lowest BCUT2D eigenvalue weighted by Gasteiger charge is -2.20. The third-order valence-electron chi connectivity index (χ3n) is 5.13. The summed E-state index contributed by atoms with van der Waals surface area (Å²) < 4.78 is 39.3. The highest BCUT2D eigenvalue weighted by molar-refractivity contribution is 7.80. The summed E-state index contributed by atoms with van der Waals surface area (Å²) in [4.78, 5) is 61.9. The standard InChI is InChI=1S/C19H26F2N6O9S/c20-19(21)14(30)10(36-17(19)27-4-3-11(23)26-18(27)34)6-35-13(29)5-24-15(31)9(7-37)25-12(28)2-1-8(22)16(32)33/h3-4,8-10,14,17,30,37H,1-2,5-7,22H2,(H,24,31)(H,25,28)(H,32,33)(H2,23,26,34)/t8?,9?,10-,14-,17-/m1/s1. The summed E-state index contributed by atoms with van der Waals surface area (Å²) in [6, 6.07) is -1.36. The van der Waals surface area contributed by atoms with Gasteiger partial charge in [0.2, 0.25) is 18.0 Å². The number of aliphatic carboxylic acids is 1. The number of anilines is 1. The number of alkyl halides is 2. The van der Waals surface area contributed by atoms with Gasteiger partial charge in [0.15, 0.2) is 6.10 Å². The highest BCUT2D eigenvalue weighted by Crippen LogP contribution is 2.42. The maximum atomic E-state index is 14.5. The van der Waals surface area contributed by atoms with E-state index in [1.54, 1.807) is 0 Å². The third-order valence-corrected chi connectivity index (χ3v) is 5.50. The summed E-state index contributed by atoms with van der Waals surface area (Å²) in [5.74, 6) is -8.21. The number of hydrogen-bond donors (Lipinski definition) is 7. The molecule has 0 aromatic carbocycles. The second-order valence-corrected chi connectivity index (χ2v) is 8.24. The van der Waals surface area contributed by atoms with Gasteiger partial charge in [0.1, 0.15) is 37.2 Å². The molecule has 2 amide bonds. The van der Waals surface area contributed by atoms with E-state index in [9.17, 15) is 37.9 Å². The highest BCUT2D eigenvalue weighted by Gasteiger charge is 2.60. The number of nitrogens with zero attached hydrogens (tertiary/aromatic N) is 2. The van der Waals surface area contributed by atoms with Crippen LogP contribution in [0, 0.1) is 0 Å². The number of nitrogens with two attached hydrogens (primary N) is 2. The van der Waals surface area contributed by atoms with Crippen molar-refractivity contribution < 1.29 is 47.6 Å². The SMILES string of the molecule is Nc1ccn([C@@H]2O[C@H](COC(=O)CNC(=O)C(CS)NC(=O)CCC(N)C(=O)O)[C@@H](O)C2(F)F)c(=O)n1. The van der Waals surface area contributed by atoms with Gasteiger partial charge in [-0.3, -0.25) is 23.7 Å². The average molecular weight is 553 g/mol. The van der Waals surface area contributed by atoms with E-state index in [1.807, 2.05) is 0 Å². The summed E-state index contributed by atoms with van der Waals surface area (Å²) in [6.07, 6.45) is -5.94. The summed E-state index contributed by atoms with van der Waals surface area (Å²) in [5.41, 5.74) is 9.48. The van der Waals surface area contributed by atoms with Crippen molar-refractivity contribution in [1.29, 1.82) is 0 Å². The molecular weight excluding hydrogens is 526 g/mol. The Labute approximate surface area is 212 Å². The number of carboxylic acid groups (broad SMARTS) is 1. The van der Waals surface area contributed by atoms with Crippen molar-refractivity contribution in [3.8, 4) is 0 Å². The molecule has 0 radical (unpaired) electrons. The first-order valence-corrected chi connectivity index (χ1v) is 11.3. The summed E-state index contributed by atoms with van der Waals surface area (Å²) in [7, 11) is 0. The maximum absolute atomic E-state index is 14.5. The van der Waals surface area contributed by atoms with Crippen LogP contribution in [0.1, 0.15) is 19.1 Å². The molecule has 0 spiro atoms. The van der Waals surface area contributed by atoms with E-state index in [-0.39, 0.29) is 24.4 Å². The van der Waals surface area contributed by atoms with Crippen molar-refractivity contribution in [3.63, 3.8) is 0 Å². The topological polar surface area (TPSA) is 238 Å². The molecule has 0 saturated carbocycles. The van der Waals surface area contributed by atoms with Crippen molar-refractivity contribution in [2.45, 2.75) is 49.3 Å². The molecule has 1 fully saturated rings. The number of nitrogens with one attached hydrogen (secondary N) is 2. The second-order valence-electron chi connectivity index (χ2n) is 7.88. The molecule has 18 heteroatoms. The molecular formula is C19H26F2N6O9S. The predicted octanol–water partition coefficient (Wildman–Crippen LogP) is -3.01. The summed E-state index contributed by atoms with van der Waals surface area (Å²) >= 11 is 3.93. The van der Waals surface area contributed by atoms with Gasteiger partial charge in [0, 0.05) is 18.4 Å². The molecule has 2 heterocycles. The molecule has 1 aromatic heterocycles. The van der Waals surface area contributed by atoms with Crippen LogP contribution in [0.3, 0.4) is 0 Å². The van der Waals surface area contributed by atoms with E-state index < -0.39 is 79.0 Å². The number of aliphatic hydroxyl groups excluding tert-OH is 1. The van der Waals surface area contributed by atoms with E-state index in [0.29, 0.717) is 4.57 Å². The number of amides is 2. The van der Waals surface area contributed by atoms with Crippen LogP contribution in [0.25, 0.3) is 0 Å². The van der Waals surface area contributed by atoms with Crippen LogP contribution in [0.2, 0.25) is 0 Å². The molecule has 2 rings (SSSR count). The van der Waals surface area contributed by atoms with Crippen LogP contribution >= 0.6 is 12.6 Å². The van der Waals surface area contributed by atoms with E-state index >= 15 is 0 Å². The van der Waals surface area contributed by atoms with Gasteiger partial charge in [0.25, 0.3) is 0 Å². The van der Waals surface area contributed by atoms with Gasteiger partial charge >= 0.3 is 23.6 Å². The number of ether oxygens (including phenoxy) is 2. The Morgan fingerprint density at radius 1 is 1.35 bits per heavy atom. The van der Waals surface area contributed by atoms with E-state index in [2.05, 4.69) is 28.2 Å². The molecule has 0 aliphatic carbocycles. The van der Waals surface area contributed by atoms with E-state index in [1.165, 1.54) is 0 Å². The first-order valence-electron chi connectivity index (χ1n) is 10.7. The molecule has 2 unspecified atom stereocenters. The zero-order valence-electron chi connectivity index (χ0n) is 19.1. The van der Waals surface area contributed by atoms with Gasteiger partial charge in [-0.15, -0.1) is 0 Å². The van der Waals surface area contributed by atoms with Crippen molar-refractivity contribution in [1.82, 2.24) is 20.2 Å². The molecule has 1 aliphatic heterocycles. The number of aromatic nitrogens is 2. The Hall–Kier alpha value is -3.35. The molecule has 206 valence electrons. The van der Waals surface area contributed by atoms with Crippen LogP contribution in [-0.4, -0.2) is 92.6 Å². The minimum absolute atomic E-state index is 0.171. The molecule has 15 nitrogen and oxygen atoms in total. The lowest BCUT2D eigenvalue weighted by atomic mass is 10.1. The van der Waals surface area contributed by atoms with Gasteiger partial charge in [0.05, 0.1) is 0 Å². The van der Waals surface area contributed by atoms with Crippen LogP contribution < -0.4 is 27.8 Å². The smallest absolute Gasteiger partial charge is 0.351 e. The zero-order valence-corrected chi connectivity index (χ0v) is 20.0. The van der Waals surface area contributed by atoms with Crippen molar-refractivity contribution >= 4 is 42.2 Å². The fourth-order valence-corrected chi connectivity index (χ4v) is 3.35. The number of aliphatic hydroxyl groups is 1. The fraction of sp³-hybridized carbons (Fsp3) is 0.579. The predicted molar refractivity (Wildman–Crippen MR) is 122 cm³/mol. The number of carbonyl (C=O) groups excluding carboxylic acids is 3. The number of rotatable bonds is 12. The number of carbonyl (C=O) groups is 4. The largest absolute Gasteiger partial charge is 0.480 e. The highest BCUT2D eigenvalue weighted by atomic mass is 32.1.